The van der Waals surface area contributed by atoms with Crippen molar-refractivity contribution in [1.82, 2.24) is 0 Å². The number of hydrogen-bond donors (Lipinski definition) is 1. The van der Waals surface area contributed by atoms with E-state index >= 15 is 0 Å². The summed E-state index contributed by atoms with van der Waals surface area (Å²) in [7, 11) is 3.33. The number of hydrogen-bond acceptors (Lipinski definition) is 5. The summed E-state index contributed by atoms with van der Waals surface area (Å²) >= 11 is 0. The molecule has 27 heavy (non-hydrogen) atoms. The number of aliphatic hydroxyl groups is 1. The van der Waals surface area contributed by atoms with Crippen LogP contribution < -0.4 is 0 Å². The first-order valence-electron chi connectivity index (χ1n) is 11.4. The first-order chi connectivity index (χ1) is 13.2. The van der Waals surface area contributed by atoms with E-state index in [2.05, 4.69) is 6.92 Å². The SMILES string of the molecule is CCCCCCCCCCCCCCCCCC(=O)OC1CSSCC1O. The predicted molar refractivity (Wildman–Crippen MR) is 120 cm³/mol. The summed E-state index contributed by atoms with van der Waals surface area (Å²) in [6.45, 7) is 2.27. The zero-order chi connectivity index (χ0) is 19.6. The van der Waals surface area contributed by atoms with Gasteiger partial charge in [-0.2, -0.15) is 0 Å². The molecule has 0 bridgehead atoms. The van der Waals surface area contributed by atoms with Crippen molar-refractivity contribution >= 4 is 27.6 Å². The van der Waals surface area contributed by atoms with Crippen LogP contribution in [0.25, 0.3) is 0 Å². The highest BCUT2D eigenvalue weighted by molar-refractivity contribution is 8.76. The summed E-state index contributed by atoms with van der Waals surface area (Å²) in [6.07, 6.45) is 19.6. The van der Waals surface area contributed by atoms with Gasteiger partial charge in [-0.25, -0.2) is 0 Å². The van der Waals surface area contributed by atoms with E-state index in [1.807, 2.05) is 0 Å². The van der Waals surface area contributed by atoms with Crippen molar-refractivity contribution < 1.29 is 14.6 Å². The number of unbranched alkanes of at least 4 members (excludes halogenated alkanes) is 14. The highest BCUT2D eigenvalue weighted by Crippen LogP contribution is 2.31. The third kappa shape index (κ3) is 14.7. The Bertz CT molecular complexity index is 352. The minimum Gasteiger partial charge on any atom is -0.459 e. The molecule has 0 aliphatic carbocycles. The maximum atomic E-state index is 11.8. The van der Waals surface area contributed by atoms with Gasteiger partial charge in [0.1, 0.15) is 12.2 Å². The molecular weight excluding hydrogens is 376 g/mol. The zero-order valence-corrected chi connectivity index (χ0v) is 19.1. The molecule has 2 unspecified atom stereocenters. The van der Waals surface area contributed by atoms with E-state index < -0.39 is 6.10 Å². The van der Waals surface area contributed by atoms with Gasteiger partial charge < -0.3 is 9.84 Å². The molecule has 5 heteroatoms. The van der Waals surface area contributed by atoms with E-state index in [1.165, 1.54) is 83.5 Å². The molecule has 3 nitrogen and oxygen atoms in total. The Hall–Kier alpha value is 0.130. The van der Waals surface area contributed by atoms with Crippen LogP contribution in [0.5, 0.6) is 0 Å². The molecule has 1 N–H and O–H groups in total. The van der Waals surface area contributed by atoms with Gasteiger partial charge >= 0.3 is 5.97 Å². The van der Waals surface area contributed by atoms with Crippen LogP contribution in [0, 0.1) is 0 Å². The Morgan fingerprint density at radius 3 is 1.70 bits per heavy atom. The first kappa shape index (κ1) is 25.2. The van der Waals surface area contributed by atoms with Crippen molar-refractivity contribution in [1.29, 1.82) is 0 Å². The van der Waals surface area contributed by atoms with Gasteiger partial charge in [0.15, 0.2) is 0 Å². The van der Waals surface area contributed by atoms with Gasteiger partial charge in [-0.1, -0.05) is 118 Å². The maximum absolute atomic E-state index is 11.8. The van der Waals surface area contributed by atoms with Gasteiger partial charge in [0.05, 0.1) is 0 Å². The molecule has 1 fully saturated rings. The smallest absolute Gasteiger partial charge is 0.306 e. The Kier molecular flexibility index (Phi) is 16.9. The van der Waals surface area contributed by atoms with Crippen LogP contribution in [0.15, 0.2) is 0 Å². The normalized spacial score (nSPS) is 19.9. The molecular formula is C22H42O3S2. The van der Waals surface area contributed by atoms with Crippen molar-refractivity contribution in [3.8, 4) is 0 Å². The van der Waals surface area contributed by atoms with E-state index in [0.29, 0.717) is 17.9 Å². The highest BCUT2D eigenvalue weighted by atomic mass is 33.1. The molecule has 0 radical (unpaired) electrons. The molecule has 0 saturated carbocycles. The summed E-state index contributed by atoms with van der Waals surface area (Å²) in [6, 6.07) is 0. The Balaban J connectivity index is 1.78. The van der Waals surface area contributed by atoms with Crippen LogP contribution in [0.1, 0.15) is 110 Å². The van der Waals surface area contributed by atoms with Gasteiger partial charge in [-0.15, -0.1) is 0 Å². The van der Waals surface area contributed by atoms with E-state index in [4.69, 9.17) is 4.74 Å². The Morgan fingerprint density at radius 2 is 1.22 bits per heavy atom. The molecule has 1 aliphatic heterocycles. The van der Waals surface area contributed by atoms with Gasteiger partial charge in [0.2, 0.25) is 0 Å². The molecule has 2 atom stereocenters. The fraction of sp³-hybridized carbons (Fsp3) is 0.955. The third-order valence-electron chi connectivity index (χ3n) is 5.25. The number of ether oxygens (including phenoxy) is 1. The molecule has 0 aromatic carbocycles. The van der Waals surface area contributed by atoms with Crippen molar-refractivity contribution in [2.45, 2.75) is 122 Å². The van der Waals surface area contributed by atoms with Crippen LogP contribution in [0.3, 0.4) is 0 Å². The van der Waals surface area contributed by atoms with Gasteiger partial charge in [0, 0.05) is 17.9 Å². The van der Waals surface area contributed by atoms with Gasteiger partial charge in [-0.3, -0.25) is 4.79 Å². The second-order valence-electron chi connectivity index (χ2n) is 7.86. The van der Waals surface area contributed by atoms with E-state index in [-0.39, 0.29) is 12.1 Å². The average Bonchev–Trinajstić information content (AvgIpc) is 2.66. The Labute approximate surface area is 175 Å². The lowest BCUT2D eigenvalue weighted by Gasteiger charge is -2.26. The van der Waals surface area contributed by atoms with Gasteiger partial charge in [-0.05, 0) is 6.42 Å². The summed E-state index contributed by atoms with van der Waals surface area (Å²) in [5.74, 6) is 1.22. The lowest BCUT2D eigenvalue weighted by Crippen LogP contribution is -2.37. The number of esters is 1. The maximum Gasteiger partial charge on any atom is 0.306 e. The number of aliphatic hydroxyl groups excluding tert-OH is 1. The van der Waals surface area contributed by atoms with E-state index in [1.54, 1.807) is 21.6 Å². The van der Waals surface area contributed by atoms with Crippen molar-refractivity contribution in [2.75, 3.05) is 11.5 Å². The molecule has 1 saturated heterocycles. The topological polar surface area (TPSA) is 46.5 Å². The molecule has 160 valence electrons. The standard InChI is InChI=1S/C22H42O3S2/c1-2-3-4-5-6-7-8-9-10-11-12-13-14-15-16-17-22(24)25-21-19-27-26-18-20(21)23/h20-21,23H,2-19H2,1H3. The van der Waals surface area contributed by atoms with E-state index in [0.717, 1.165) is 12.8 Å². The largest absolute Gasteiger partial charge is 0.459 e. The lowest BCUT2D eigenvalue weighted by molar-refractivity contribution is -0.152. The van der Waals surface area contributed by atoms with Crippen LogP contribution in [0.2, 0.25) is 0 Å². The molecule has 1 heterocycles. The second-order valence-corrected chi connectivity index (χ2v) is 10.4. The molecule has 0 aromatic rings. The number of carbonyl (C=O) groups is 1. The monoisotopic (exact) mass is 418 g/mol. The quantitative estimate of drug-likeness (QED) is 0.158. The third-order valence-corrected chi connectivity index (χ3v) is 7.68. The molecule has 0 aromatic heterocycles. The van der Waals surface area contributed by atoms with Crippen molar-refractivity contribution in [3.63, 3.8) is 0 Å². The van der Waals surface area contributed by atoms with Crippen LogP contribution in [-0.4, -0.2) is 34.8 Å². The summed E-state index contributed by atoms with van der Waals surface area (Å²) in [5, 5.41) is 9.81. The van der Waals surface area contributed by atoms with Gasteiger partial charge in [0.25, 0.3) is 0 Å². The molecule has 1 aliphatic rings. The predicted octanol–water partition coefficient (Wildman–Crippen LogP) is 6.92. The highest BCUT2D eigenvalue weighted by Gasteiger charge is 2.27. The molecule has 0 spiro atoms. The number of carbonyl (C=O) groups excluding carboxylic acids is 1. The second kappa shape index (κ2) is 18.2. The summed E-state index contributed by atoms with van der Waals surface area (Å²) < 4.78 is 5.40. The fourth-order valence-electron chi connectivity index (χ4n) is 3.43. The van der Waals surface area contributed by atoms with Crippen LogP contribution in [0.4, 0.5) is 0 Å². The lowest BCUT2D eigenvalue weighted by atomic mass is 10.0. The zero-order valence-electron chi connectivity index (χ0n) is 17.5. The first-order valence-corrected chi connectivity index (χ1v) is 13.8. The summed E-state index contributed by atoms with van der Waals surface area (Å²) in [5.41, 5.74) is 0. The average molecular weight is 419 g/mol. The van der Waals surface area contributed by atoms with Crippen LogP contribution in [-0.2, 0) is 9.53 Å². The fourth-order valence-corrected chi connectivity index (χ4v) is 5.80. The van der Waals surface area contributed by atoms with Crippen molar-refractivity contribution in [2.24, 2.45) is 0 Å². The minimum atomic E-state index is -0.499. The summed E-state index contributed by atoms with van der Waals surface area (Å²) in [4.78, 5) is 11.8. The van der Waals surface area contributed by atoms with Crippen molar-refractivity contribution in [3.05, 3.63) is 0 Å². The van der Waals surface area contributed by atoms with Crippen LogP contribution >= 0.6 is 21.6 Å². The Morgan fingerprint density at radius 1 is 0.778 bits per heavy atom. The molecule has 1 rings (SSSR count). The number of rotatable bonds is 17. The minimum absolute atomic E-state index is 0.138. The van der Waals surface area contributed by atoms with E-state index in [9.17, 15) is 9.90 Å². The molecule has 0 amide bonds.